The molecule has 0 spiro atoms. The lowest BCUT2D eigenvalue weighted by molar-refractivity contribution is -0.120. The summed E-state index contributed by atoms with van der Waals surface area (Å²) in [6, 6.07) is 14.7. The zero-order valence-corrected chi connectivity index (χ0v) is 14.8. The Balaban J connectivity index is 1.82. The van der Waals surface area contributed by atoms with Gasteiger partial charge in [-0.2, -0.15) is 0 Å². The van der Waals surface area contributed by atoms with Gasteiger partial charge >= 0.3 is 0 Å². The molecule has 2 amide bonds. The highest BCUT2D eigenvalue weighted by Gasteiger charge is 2.11. The van der Waals surface area contributed by atoms with Crippen LogP contribution in [0.5, 0.6) is 5.75 Å². The van der Waals surface area contributed by atoms with Crippen molar-refractivity contribution in [2.45, 2.75) is 26.8 Å². The van der Waals surface area contributed by atoms with Crippen molar-refractivity contribution in [1.29, 1.82) is 0 Å². The van der Waals surface area contributed by atoms with E-state index in [1.54, 1.807) is 24.3 Å². The molecule has 5 heteroatoms. The number of carbonyl (C=O) groups is 2. The van der Waals surface area contributed by atoms with Crippen LogP contribution in [-0.4, -0.2) is 25.0 Å². The average molecular weight is 340 g/mol. The largest absolute Gasteiger partial charge is 0.494 e. The van der Waals surface area contributed by atoms with Crippen LogP contribution in [0.4, 0.5) is 0 Å². The van der Waals surface area contributed by atoms with Gasteiger partial charge in [0, 0.05) is 5.56 Å². The van der Waals surface area contributed by atoms with Crippen molar-refractivity contribution in [2.24, 2.45) is 0 Å². The maximum atomic E-state index is 12.1. The van der Waals surface area contributed by atoms with Crippen molar-refractivity contribution in [3.8, 4) is 5.75 Å². The first-order valence-electron chi connectivity index (χ1n) is 8.36. The molecule has 0 fully saturated rings. The lowest BCUT2D eigenvalue weighted by atomic mass is 10.1. The second-order valence-electron chi connectivity index (χ2n) is 5.84. The molecule has 132 valence electrons. The Morgan fingerprint density at radius 2 is 1.68 bits per heavy atom. The van der Waals surface area contributed by atoms with Gasteiger partial charge in [0.15, 0.2) is 0 Å². The molecule has 0 aromatic heterocycles. The summed E-state index contributed by atoms with van der Waals surface area (Å²) in [5.41, 5.74) is 2.68. The van der Waals surface area contributed by atoms with E-state index in [1.165, 1.54) is 5.56 Å². The van der Waals surface area contributed by atoms with Crippen molar-refractivity contribution < 1.29 is 14.3 Å². The minimum atomic E-state index is -0.291. The number of aryl methyl sites for hydroxylation is 1. The van der Waals surface area contributed by atoms with Crippen LogP contribution in [0.1, 0.15) is 41.4 Å². The second-order valence-corrected chi connectivity index (χ2v) is 5.84. The number of nitrogens with one attached hydrogen (secondary N) is 2. The average Bonchev–Trinajstić information content (AvgIpc) is 2.61. The number of hydrogen-bond donors (Lipinski definition) is 2. The third-order valence-corrected chi connectivity index (χ3v) is 3.79. The summed E-state index contributed by atoms with van der Waals surface area (Å²) in [4.78, 5) is 24.1. The molecule has 2 aromatic rings. The molecule has 0 aliphatic carbocycles. The van der Waals surface area contributed by atoms with E-state index in [2.05, 4.69) is 10.6 Å². The topological polar surface area (TPSA) is 67.4 Å². The second kappa shape index (κ2) is 8.87. The van der Waals surface area contributed by atoms with Crippen molar-refractivity contribution in [1.82, 2.24) is 10.6 Å². The number of carbonyl (C=O) groups excluding carboxylic acids is 2. The molecule has 2 aromatic carbocycles. The fourth-order valence-electron chi connectivity index (χ4n) is 2.36. The van der Waals surface area contributed by atoms with Gasteiger partial charge in [0.05, 0.1) is 19.2 Å². The molecule has 2 N–H and O–H groups in total. The first kappa shape index (κ1) is 18.5. The molecule has 5 nitrogen and oxygen atoms in total. The van der Waals surface area contributed by atoms with Crippen molar-refractivity contribution in [3.05, 3.63) is 65.2 Å². The van der Waals surface area contributed by atoms with Gasteiger partial charge in [-0.05, 0) is 50.6 Å². The summed E-state index contributed by atoms with van der Waals surface area (Å²) < 4.78 is 5.34. The Labute approximate surface area is 148 Å². The van der Waals surface area contributed by atoms with Crippen molar-refractivity contribution >= 4 is 11.8 Å². The minimum Gasteiger partial charge on any atom is -0.494 e. The monoisotopic (exact) mass is 340 g/mol. The van der Waals surface area contributed by atoms with Gasteiger partial charge in [-0.15, -0.1) is 0 Å². The molecule has 0 saturated heterocycles. The standard InChI is InChI=1S/C20H24N2O3/c1-4-25-18-11-9-17(10-12-18)20(24)21-13-19(23)22-15(3)16-7-5-14(2)6-8-16/h5-12,15H,4,13H2,1-3H3,(H,21,24)(H,22,23). The van der Waals surface area contributed by atoms with Gasteiger partial charge in [0.25, 0.3) is 5.91 Å². The molecule has 0 aliphatic rings. The highest BCUT2D eigenvalue weighted by Crippen LogP contribution is 2.13. The number of hydrogen-bond acceptors (Lipinski definition) is 3. The normalized spacial score (nSPS) is 11.5. The van der Waals surface area contributed by atoms with E-state index in [0.717, 1.165) is 5.56 Å². The van der Waals surface area contributed by atoms with Gasteiger partial charge in [-0.1, -0.05) is 29.8 Å². The van der Waals surface area contributed by atoms with Gasteiger partial charge in [-0.25, -0.2) is 0 Å². The van der Waals surface area contributed by atoms with E-state index >= 15 is 0 Å². The summed E-state index contributed by atoms with van der Waals surface area (Å²) >= 11 is 0. The van der Waals surface area contributed by atoms with Crippen LogP contribution in [0.25, 0.3) is 0 Å². The predicted molar refractivity (Wildman–Crippen MR) is 97.7 cm³/mol. The molecular formula is C20H24N2O3. The van der Waals surface area contributed by atoms with E-state index in [4.69, 9.17) is 4.74 Å². The summed E-state index contributed by atoms with van der Waals surface area (Å²) in [6.45, 7) is 6.34. The third kappa shape index (κ3) is 5.64. The van der Waals surface area contributed by atoms with Gasteiger partial charge in [0.2, 0.25) is 5.91 Å². The van der Waals surface area contributed by atoms with Gasteiger partial charge in [-0.3, -0.25) is 9.59 Å². The Hall–Kier alpha value is -2.82. The highest BCUT2D eigenvalue weighted by atomic mass is 16.5. The van der Waals surface area contributed by atoms with E-state index in [0.29, 0.717) is 17.9 Å². The number of ether oxygens (including phenoxy) is 1. The number of benzene rings is 2. The van der Waals surface area contributed by atoms with Crippen LogP contribution in [0.3, 0.4) is 0 Å². The van der Waals surface area contributed by atoms with Crippen LogP contribution >= 0.6 is 0 Å². The van der Waals surface area contributed by atoms with E-state index in [1.807, 2.05) is 45.0 Å². The van der Waals surface area contributed by atoms with Gasteiger partial charge in [0.1, 0.15) is 5.75 Å². The number of rotatable bonds is 7. The number of amides is 2. The first-order chi connectivity index (χ1) is 12.0. The molecule has 0 heterocycles. The molecule has 0 bridgehead atoms. The molecule has 1 atom stereocenters. The molecule has 0 saturated carbocycles. The summed E-state index contributed by atoms with van der Waals surface area (Å²) in [5.74, 6) is 0.192. The fraction of sp³-hybridized carbons (Fsp3) is 0.300. The molecular weight excluding hydrogens is 316 g/mol. The van der Waals surface area contributed by atoms with Crippen molar-refractivity contribution in [2.75, 3.05) is 13.2 Å². The van der Waals surface area contributed by atoms with Crippen LogP contribution in [0.2, 0.25) is 0 Å². The fourth-order valence-corrected chi connectivity index (χ4v) is 2.36. The Morgan fingerprint density at radius 3 is 2.28 bits per heavy atom. The van der Waals surface area contributed by atoms with Crippen LogP contribution in [0, 0.1) is 6.92 Å². The molecule has 1 unspecified atom stereocenters. The Morgan fingerprint density at radius 1 is 1.04 bits per heavy atom. The third-order valence-electron chi connectivity index (χ3n) is 3.79. The van der Waals surface area contributed by atoms with Crippen molar-refractivity contribution in [3.63, 3.8) is 0 Å². The Bertz CT molecular complexity index is 709. The van der Waals surface area contributed by atoms with Crippen LogP contribution < -0.4 is 15.4 Å². The molecule has 25 heavy (non-hydrogen) atoms. The summed E-state index contributed by atoms with van der Waals surface area (Å²) in [6.07, 6.45) is 0. The van der Waals surface area contributed by atoms with E-state index < -0.39 is 0 Å². The zero-order valence-electron chi connectivity index (χ0n) is 14.8. The highest BCUT2D eigenvalue weighted by molar-refractivity contribution is 5.96. The Kier molecular flexibility index (Phi) is 6.57. The lowest BCUT2D eigenvalue weighted by Crippen LogP contribution is -2.38. The summed E-state index contributed by atoms with van der Waals surface area (Å²) in [5, 5.41) is 5.50. The maximum Gasteiger partial charge on any atom is 0.251 e. The van der Waals surface area contributed by atoms with Crippen LogP contribution in [0.15, 0.2) is 48.5 Å². The SMILES string of the molecule is CCOc1ccc(C(=O)NCC(=O)NC(C)c2ccc(C)cc2)cc1. The van der Waals surface area contributed by atoms with Gasteiger partial charge < -0.3 is 15.4 Å². The van der Waals surface area contributed by atoms with Crippen LogP contribution in [-0.2, 0) is 4.79 Å². The van der Waals surface area contributed by atoms with E-state index in [-0.39, 0.29) is 24.4 Å². The molecule has 0 radical (unpaired) electrons. The maximum absolute atomic E-state index is 12.1. The molecule has 0 aliphatic heterocycles. The minimum absolute atomic E-state index is 0.0672. The zero-order chi connectivity index (χ0) is 18.2. The quantitative estimate of drug-likeness (QED) is 0.814. The molecule has 2 rings (SSSR count). The van der Waals surface area contributed by atoms with E-state index in [9.17, 15) is 9.59 Å². The lowest BCUT2D eigenvalue weighted by Gasteiger charge is -2.15. The first-order valence-corrected chi connectivity index (χ1v) is 8.36. The predicted octanol–water partition coefficient (Wildman–Crippen LogP) is 3.00. The smallest absolute Gasteiger partial charge is 0.251 e. The summed E-state index contributed by atoms with van der Waals surface area (Å²) in [7, 11) is 0.